The minimum absolute atomic E-state index is 0.173. The minimum Gasteiger partial charge on any atom is -0.467 e. The predicted octanol–water partition coefficient (Wildman–Crippen LogP) is 2.07. The lowest BCUT2D eigenvalue weighted by Gasteiger charge is -2.29. The molecular weight excluding hydrogens is 230 g/mol. The average Bonchev–Trinajstić information content (AvgIpc) is 2.46. The SMILES string of the molecule is COC(=O)C(Nc1ccccc1)C1CCCOC1. The Kier molecular flexibility index (Phi) is 4.59. The standard InChI is InChI=1S/C14H19NO3/c1-17-14(16)13(11-6-5-9-18-10-11)15-12-7-3-2-4-8-12/h2-4,7-8,11,13,15H,5-6,9-10H2,1H3. The Bertz CT molecular complexity index is 374. The van der Waals surface area contributed by atoms with Crippen molar-refractivity contribution in [3.63, 3.8) is 0 Å². The molecule has 0 aromatic heterocycles. The molecule has 0 bridgehead atoms. The molecule has 0 radical (unpaired) electrons. The van der Waals surface area contributed by atoms with E-state index in [0.717, 1.165) is 25.1 Å². The number of para-hydroxylation sites is 1. The molecule has 1 aromatic rings. The Hall–Kier alpha value is -1.55. The second-order valence-electron chi connectivity index (χ2n) is 4.49. The molecule has 18 heavy (non-hydrogen) atoms. The summed E-state index contributed by atoms with van der Waals surface area (Å²) in [6.07, 6.45) is 1.98. The third-order valence-corrected chi connectivity index (χ3v) is 3.22. The Balaban J connectivity index is 2.07. The van der Waals surface area contributed by atoms with E-state index in [4.69, 9.17) is 9.47 Å². The van der Waals surface area contributed by atoms with Gasteiger partial charge in [0.2, 0.25) is 0 Å². The number of carbonyl (C=O) groups excluding carboxylic acids is 1. The summed E-state index contributed by atoms with van der Waals surface area (Å²) in [6.45, 7) is 1.40. The van der Waals surface area contributed by atoms with Gasteiger partial charge in [-0.25, -0.2) is 4.79 Å². The average molecular weight is 249 g/mol. The largest absolute Gasteiger partial charge is 0.467 e. The van der Waals surface area contributed by atoms with Crippen molar-refractivity contribution in [2.75, 3.05) is 25.6 Å². The van der Waals surface area contributed by atoms with Crippen LogP contribution in [0, 0.1) is 5.92 Å². The van der Waals surface area contributed by atoms with Crippen molar-refractivity contribution in [2.24, 2.45) is 5.92 Å². The van der Waals surface area contributed by atoms with E-state index < -0.39 is 0 Å². The predicted molar refractivity (Wildman–Crippen MR) is 69.4 cm³/mol. The zero-order chi connectivity index (χ0) is 12.8. The molecule has 0 amide bonds. The number of esters is 1. The molecule has 4 heteroatoms. The molecule has 1 aromatic carbocycles. The summed E-state index contributed by atoms with van der Waals surface area (Å²) in [5.41, 5.74) is 0.929. The van der Waals surface area contributed by atoms with Crippen molar-refractivity contribution < 1.29 is 14.3 Å². The lowest BCUT2D eigenvalue weighted by atomic mass is 9.93. The second kappa shape index (κ2) is 6.40. The fourth-order valence-corrected chi connectivity index (χ4v) is 2.24. The van der Waals surface area contributed by atoms with E-state index in [0.29, 0.717) is 6.61 Å². The van der Waals surface area contributed by atoms with Crippen LogP contribution in [-0.2, 0) is 14.3 Å². The molecule has 0 spiro atoms. The highest BCUT2D eigenvalue weighted by Gasteiger charge is 2.30. The maximum absolute atomic E-state index is 11.9. The molecule has 2 atom stereocenters. The Morgan fingerprint density at radius 1 is 1.44 bits per heavy atom. The van der Waals surface area contributed by atoms with Crippen LogP contribution in [0.2, 0.25) is 0 Å². The normalized spacial score (nSPS) is 21.1. The maximum Gasteiger partial charge on any atom is 0.328 e. The van der Waals surface area contributed by atoms with Crippen LogP contribution < -0.4 is 5.32 Å². The smallest absolute Gasteiger partial charge is 0.328 e. The summed E-state index contributed by atoms with van der Waals surface area (Å²) in [4.78, 5) is 11.9. The van der Waals surface area contributed by atoms with Crippen LogP contribution >= 0.6 is 0 Å². The van der Waals surface area contributed by atoms with Gasteiger partial charge in [0.25, 0.3) is 0 Å². The molecule has 1 aliphatic rings. The van der Waals surface area contributed by atoms with E-state index in [-0.39, 0.29) is 17.9 Å². The molecule has 1 N–H and O–H groups in total. The summed E-state index contributed by atoms with van der Waals surface area (Å²) >= 11 is 0. The van der Waals surface area contributed by atoms with Gasteiger partial charge in [0.1, 0.15) is 6.04 Å². The van der Waals surface area contributed by atoms with Gasteiger partial charge in [0.05, 0.1) is 13.7 Å². The zero-order valence-corrected chi connectivity index (χ0v) is 10.6. The van der Waals surface area contributed by atoms with E-state index in [9.17, 15) is 4.79 Å². The summed E-state index contributed by atoms with van der Waals surface area (Å²) in [6, 6.07) is 9.38. The third kappa shape index (κ3) is 3.23. The molecule has 2 unspecified atom stereocenters. The van der Waals surface area contributed by atoms with E-state index in [2.05, 4.69) is 5.32 Å². The fourth-order valence-electron chi connectivity index (χ4n) is 2.24. The molecule has 0 aliphatic carbocycles. The lowest BCUT2D eigenvalue weighted by molar-refractivity contribution is -0.144. The Labute approximate surface area is 107 Å². The zero-order valence-electron chi connectivity index (χ0n) is 10.6. The first-order valence-corrected chi connectivity index (χ1v) is 6.28. The van der Waals surface area contributed by atoms with Crippen LogP contribution in [0.5, 0.6) is 0 Å². The van der Waals surface area contributed by atoms with Crippen LogP contribution in [0.15, 0.2) is 30.3 Å². The van der Waals surface area contributed by atoms with Crippen LogP contribution in [0.4, 0.5) is 5.69 Å². The van der Waals surface area contributed by atoms with Gasteiger partial charge in [-0.1, -0.05) is 18.2 Å². The number of hydrogen-bond donors (Lipinski definition) is 1. The molecule has 98 valence electrons. The summed E-state index contributed by atoms with van der Waals surface area (Å²) in [5, 5.41) is 3.24. The monoisotopic (exact) mass is 249 g/mol. The lowest BCUT2D eigenvalue weighted by Crippen LogP contribution is -2.41. The number of nitrogens with one attached hydrogen (secondary N) is 1. The highest BCUT2D eigenvalue weighted by molar-refractivity contribution is 5.79. The Morgan fingerprint density at radius 2 is 2.22 bits per heavy atom. The van der Waals surface area contributed by atoms with E-state index in [1.54, 1.807) is 0 Å². The van der Waals surface area contributed by atoms with Gasteiger partial charge >= 0.3 is 5.97 Å². The Morgan fingerprint density at radius 3 is 2.83 bits per heavy atom. The number of benzene rings is 1. The van der Waals surface area contributed by atoms with Crippen LogP contribution in [0.1, 0.15) is 12.8 Å². The van der Waals surface area contributed by atoms with Gasteiger partial charge in [-0.05, 0) is 25.0 Å². The summed E-state index contributed by atoms with van der Waals surface area (Å²) in [5.74, 6) is -0.0549. The van der Waals surface area contributed by atoms with Crippen LogP contribution in [0.25, 0.3) is 0 Å². The number of carbonyl (C=O) groups is 1. The molecular formula is C14H19NO3. The molecule has 1 heterocycles. The van der Waals surface area contributed by atoms with Gasteiger partial charge < -0.3 is 14.8 Å². The summed E-state index contributed by atoms with van der Waals surface area (Å²) < 4.78 is 10.3. The van der Waals surface area contributed by atoms with Crippen molar-refractivity contribution in [1.29, 1.82) is 0 Å². The molecule has 2 rings (SSSR count). The molecule has 1 fully saturated rings. The van der Waals surface area contributed by atoms with Crippen molar-refractivity contribution in [1.82, 2.24) is 0 Å². The molecule has 1 saturated heterocycles. The van der Waals surface area contributed by atoms with Crippen molar-refractivity contribution in [3.8, 4) is 0 Å². The maximum atomic E-state index is 11.9. The number of methoxy groups -OCH3 is 1. The number of anilines is 1. The molecule has 1 aliphatic heterocycles. The van der Waals surface area contributed by atoms with Crippen molar-refractivity contribution in [3.05, 3.63) is 30.3 Å². The first-order valence-electron chi connectivity index (χ1n) is 6.28. The number of ether oxygens (including phenoxy) is 2. The topological polar surface area (TPSA) is 47.6 Å². The van der Waals surface area contributed by atoms with Gasteiger partial charge in [0.15, 0.2) is 0 Å². The molecule has 4 nitrogen and oxygen atoms in total. The highest BCUT2D eigenvalue weighted by atomic mass is 16.5. The van der Waals surface area contributed by atoms with Crippen molar-refractivity contribution >= 4 is 11.7 Å². The minimum atomic E-state index is -0.335. The highest BCUT2D eigenvalue weighted by Crippen LogP contribution is 2.21. The first kappa shape index (κ1) is 12.9. The number of rotatable bonds is 4. The number of hydrogen-bond acceptors (Lipinski definition) is 4. The van der Waals surface area contributed by atoms with Gasteiger partial charge in [-0.15, -0.1) is 0 Å². The van der Waals surface area contributed by atoms with E-state index >= 15 is 0 Å². The van der Waals surface area contributed by atoms with E-state index in [1.165, 1.54) is 7.11 Å². The van der Waals surface area contributed by atoms with Crippen molar-refractivity contribution in [2.45, 2.75) is 18.9 Å². The van der Waals surface area contributed by atoms with E-state index in [1.807, 2.05) is 30.3 Å². The second-order valence-corrected chi connectivity index (χ2v) is 4.49. The fraction of sp³-hybridized carbons (Fsp3) is 0.500. The van der Waals surface area contributed by atoms with Crippen LogP contribution in [-0.4, -0.2) is 32.3 Å². The third-order valence-electron chi connectivity index (χ3n) is 3.22. The first-order chi connectivity index (χ1) is 8.81. The van der Waals surface area contributed by atoms with Crippen LogP contribution in [0.3, 0.4) is 0 Å². The van der Waals surface area contributed by atoms with Gasteiger partial charge in [-0.3, -0.25) is 0 Å². The molecule has 0 saturated carbocycles. The quantitative estimate of drug-likeness (QED) is 0.830. The summed E-state index contributed by atoms with van der Waals surface area (Å²) in [7, 11) is 1.42. The van der Waals surface area contributed by atoms with Gasteiger partial charge in [-0.2, -0.15) is 0 Å². The van der Waals surface area contributed by atoms with Gasteiger partial charge in [0, 0.05) is 18.2 Å².